The number of halogens is 1. The van der Waals surface area contributed by atoms with Crippen molar-refractivity contribution < 1.29 is 14.7 Å². The van der Waals surface area contributed by atoms with Crippen molar-refractivity contribution in [3.8, 4) is 5.75 Å². The number of phenolic OH excluding ortho intramolecular Hbond substituents is 1. The molecule has 0 saturated heterocycles. The Labute approximate surface area is 172 Å². The number of aromatic hydroxyl groups is 1. The maximum atomic E-state index is 12.3. The first-order valence-corrected chi connectivity index (χ1v) is 9.12. The minimum atomic E-state index is -0.519. The highest BCUT2D eigenvalue weighted by Gasteiger charge is 2.10. The van der Waals surface area contributed by atoms with E-state index in [4.69, 9.17) is 11.6 Å². The third-order valence-electron chi connectivity index (χ3n) is 4.12. The van der Waals surface area contributed by atoms with Crippen LogP contribution in [0.15, 0.2) is 77.9 Å². The number of benzene rings is 3. The fourth-order valence-electron chi connectivity index (χ4n) is 2.55. The second-order valence-corrected chi connectivity index (χ2v) is 6.63. The number of phenols is 1. The van der Waals surface area contributed by atoms with Crippen molar-refractivity contribution in [2.24, 2.45) is 5.10 Å². The highest BCUT2D eigenvalue weighted by Crippen LogP contribution is 2.16. The first kappa shape index (κ1) is 20.1. The van der Waals surface area contributed by atoms with Crippen molar-refractivity contribution in [2.75, 3.05) is 5.32 Å². The number of carbonyl (C=O) groups is 2. The summed E-state index contributed by atoms with van der Waals surface area (Å²) in [7, 11) is 0. The van der Waals surface area contributed by atoms with Crippen LogP contribution < -0.4 is 10.7 Å². The Morgan fingerprint density at radius 3 is 2.34 bits per heavy atom. The molecule has 0 aromatic heterocycles. The van der Waals surface area contributed by atoms with Gasteiger partial charge in [-0.2, -0.15) is 5.10 Å². The number of hydrogen-bond donors (Lipinski definition) is 3. The van der Waals surface area contributed by atoms with Gasteiger partial charge in [0.05, 0.1) is 11.3 Å². The van der Waals surface area contributed by atoms with Crippen LogP contribution in [0.5, 0.6) is 5.75 Å². The maximum Gasteiger partial charge on any atom is 0.275 e. The monoisotopic (exact) mass is 407 g/mol. The lowest BCUT2D eigenvalue weighted by Crippen LogP contribution is -2.19. The number of rotatable bonds is 5. The fourth-order valence-corrected chi connectivity index (χ4v) is 2.68. The van der Waals surface area contributed by atoms with Gasteiger partial charge in [0, 0.05) is 16.3 Å². The molecule has 0 saturated carbocycles. The molecule has 0 unspecified atom stereocenters. The standard InChI is InChI=1S/C22H18ClN3O3/c1-14(25-26-22(29)19-7-2-3-8-20(19)27)16-5-4-6-18(13-16)24-21(28)15-9-11-17(23)12-10-15/h2-13,27H,1H3,(H,24,28)(H,26,29)/b25-14-. The number of anilines is 1. The molecule has 0 aliphatic carbocycles. The summed E-state index contributed by atoms with van der Waals surface area (Å²) in [6, 6.07) is 19.9. The third-order valence-corrected chi connectivity index (χ3v) is 4.37. The summed E-state index contributed by atoms with van der Waals surface area (Å²) in [4.78, 5) is 24.5. The van der Waals surface area contributed by atoms with Gasteiger partial charge < -0.3 is 10.4 Å². The molecule has 3 N–H and O–H groups in total. The van der Waals surface area contributed by atoms with Gasteiger partial charge in [-0.1, -0.05) is 35.9 Å². The van der Waals surface area contributed by atoms with Crippen molar-refractivity contribution in [1.29, 1.82) is 0 Å². The summed E-state index contributed by atoms with van der Waals surface area (Å²) in [5.41, 5.74) is 4.88. The van der Waals surface area contributed by atoms with Gasteiger partial charge in [0.15, 0.2) is 0 Å². The van der Waals surface area contributed by atoms with E-state index < -0.39 is 5.91 Å². The summed E-state index contributed by atoms with van der Waals surface area (Å²) >= 11 is 5.84. The van der Waals surface area contributed by atoms with Crippen LogP contribution in [0, 0.1) is 0 Å². The molecule has 3 aromatic carbocycles. The van der Waals surface area contributed by atoms with Crippen LogP contribution in [0.25, 0.3) is 0 Å². The van der Waals surface area contributed by atoms with Crippen molar-refractivity contribution in [3.63, 3.8) is 0 Å². The number of amides is 2. The van der Waals surface area contributed by atoms with Crippen LogP contribution >= 0.6 is 11.6 Å². The van der Waals surface area contributed by atoms with E-state index in [0.717, 1.165) is 5.56 Å². The Hall–Kier alpha value is -3.64. The lowest BCUT2D eigenvalue weighted by molar-refractivity contribution is 0.0951. The summed E-state index contributed by atoms with van der Waals surface area (Å²) in [6.07, 6.45) is 0. The summed E-state index contributed by atoms with van der Waals surface area (Å²) < 4.78 is 0. The van der Waals surface area contributed by atoms with Gasteiger partial charge in [-0.25, -0.2) is 5.43 Å². The van der Waals surface area contributed by atoms with Gasteiger partial charge in [0.2, 0.25) is 0 Å². The molecule has 7 heteroatoms. The van der Waals surface area contributed by atoms with E-state index in [9.17, 15) is 14.7 Å². The van der Waals surface area contributed by atoms with E-state index in [0.29, 0.717) is 22.0 Å². The van der Waals surface area contributed by atoms with Gasteiger partial charge in [0.1, 0.15) is 5.75 Å². The van der Waals surface area contributed by atoms with Crippen LogP contribution in [0.1, 0.15) is 33.2 Å². The Bertz CT molecular complexity index is 1080. The number of nitrogens with one attached hydrogen (secondary N) is 2. The first-order chi connectivity index (χ1) is 13.9. The van der Waals surface area contributed by atoms with Crippen LogP contribution in [0.4, 0.5) is 5.69 Å². The Kier molecular flexibility index (Phi) is 6.26. The lowest BCUT2D eigenvalue weighted by atomic mass is 10.1. The Balaban J connectivity index is 1.70. The van der Waals surface area contributed by atoms with E-state index in [-0.39, 0.29) is 17.2 Å². The molecule has 0 bridgehead atoms. The molecule has 0 heterocycles. The zero-order chi connectivity index (χ0) is 20.8. The Morgan fingerprint density at radius 2 is 1.62 bits per heavy atom. The fraction of sp³-hybridized carbons (Fsp3) is 0.0455. The highest BCUT2D eigenvalue weighted by molar-refractivity contribution is 6.30. The second-order valence-electron chi connectivity index (χ2n) is 6.20. The molecule has 146 valence electrons. The summed E-state index contributed by atoms with van der Waals surface area (Å²) in [5.74, 6) is -0.902. The molecule has 0 aliphatic rings. The molecular weight excluding hydrogens is 390 g/mol. The summed E-state index contributed by atoms with van der Waals surface area (Å²) in [5, 5.41) is 17.2. The van der Waals surface area contributed by atoms with Crippen molar-refractivity contribution in [2.45, 2.75) is 6.92 Å². The van der Waals surface area contributed by atoms with Crippen molar-refractivity contribution in [1.82, 2.24) is 5.43 Å². The molecule has 6 nitrogen and oxygen atoms in total. The third kappa shape index (κ3) is 5.21. The Morgan fingerprint density at radius 1 is 0.897 bits per heavy atom. The lowest BCUT2D eigenvalue weighted by Gasteiger charge is -2.08. The van der Waals surface area contributed by atoms with Gasteiger partial charge in [-0.3, -0.25) is 9.59 Å². The molecule has 0 atom stereocenters. The smallest absolute Gasteiger partial charge is 0.275 e. The SMILES string of the molecule is C/C(=N/NC(=O)c1ccccc1O)c1cccc(NC(=O)c2ccc(Cl)cc2)c1. The van der Waals surface area contributed by atoms with Crippen LogP contribution in [0.2, 0.25) is 5.02 Å². The molecule has 0 fully saturated rings. The van der Waals surface area contributed by atoms with Crippen LogP contribution in [-0.4, -0.2) is 22.6 Å². The van der Waals surface area contributed by atoms with Crippen molar-refractivity contribution >= 4 is 34.8 Å². The van der Waals surface area contributed by atoms with E-state index in [1.807, 2.05) is 6.07 Å². The molecule has 2 amide bonds. The minimum Gasteiger partial charge on any atom is -0.507 e. The topological polar surface area (TPSA) is 90.8 Å². The molecule has 0 aliphatic heterocycles. The van der Waals surface area contributed by atoms with Crippen LogP contribution in [0.3, 0.4) is 0 Å². The molecule has 3 rings (SSSR count). The van der Waals surface area contributed by atoms with Gasteiger partial charge in [-0.05, 0) is 61.0 Å². The van der Waals surface area contributed by atoms with Crippen LogP contribution in [-0.2, 0) is 0 Å². The average Bonchev–Trinajstić information content (AvgIpc) is 2.72. The van der Waals surface area contributed by atoms with E-state index in [2.05, 4.69) is 15.8 Å². The summed E-state index contributed by atoms with van der Waals surface area (Å²) in [6.45, 7) is 1.73. The predicted octanol–water partition coefficient (Wildman–Crippen LogP) is 4.45. The van der Waals surface area contributed by atoms with E-state index in [1.54, 1.807) is 61.5 Å². The van der Waals surface area contributed by atoms with E-state index in [1.165, 1.54) is 12.1 Å². The number of nitrogens with zero attached hydrogens (tertiary/aromatic N) is 1. The molecule has 0 spiro atoms. The van der Waals surface area contributed by atoms with Gasteiger partial charge in [-0.15, -0.1) is 0 Å². The number of carbonyl (C=O) groups excluding carboxylic acids is 2. The van der Waals surface area contributed by atoms with Gasteiger partial charge >= 0.3 is 0 Å². The highest BCUT2D eigenvalue weighted by atomic mass is 35.5. The van der Waals surface area contributed by atoms with Crippen molar-refractivity contribution in [3.05, 3.63) is 94.5 Å². The molecular formula is C22H18ClN3O3. The number of para-hydroxylation sites is 1. The van der Waals surface area contributed by atoms with E-state index >= 15 is 0 Å². The normalized spacial score (nSPS) is 11.0. The molecule has 29 heavy (non-hydrogen) atoms. The first-order valence-electron chi connectivity index (χ1n) is 8.74. The zero-order valence-corrected chi connectivity index (χ0v) is 16.3. The quantitative estimate of drug-likeness (QED) is 0.431. The average molecular weight is 408 g/mol. The maximum absolute atomic E-state index is 12.3. The number of hydrazone groups is 1. The largest absolute Gasteiger partial charge is 0.507 e. The minimum absolute atomic E-state index is 0.121. The molecule has 3 aromatic rings. The molecule has 0 radical (unpaired) electrons. The second kappa shape index (κ2) is 9.03. The predicted molar refractivity (Wildman–Crippen MR) is 114 cm³/mol. The van der Waals surface area contributed by atoms with Gasteiger partial charge in [0.25, 0.3) is 11.8 Å². The zero-order valence-electron chi connectivity index (χ0n) is 15.5. The number of hydrogen-bond acceptors (Lipinski definition) is 4.